The number of benzene rings is 1. The molecule has 0 amide bonds. The highest BCUT2D eigenvalue weighted by atomic mass is 16.3. The topological polar surface area (TPSA) is 99.6 Å². The summed E-state index contributed by atoms with van der Waals surface area (Å²) in [5, 5.41) is 13.1. The molecule has 0 unspecified atom stereocenters. The molecule has 4 heterocycles. The number of nitrogens with one attached hydrogen (secondary N) is 2. The quantitative estimate of drug-likeness (QED) is 0.332. The van der Waals surface area contributed by atoms with Gasteiger partial charge >= 0.3 is 0 Å². The summed E-state index contributed by atoms with van der Waals surface area (Å²) in [7, 11) is 0. The van der Waals surface area contributed by atoms with Gasteiger partial charge < -0.3 is 15.4 Å². The predicted octanol–water partition coefficient (Wildman–Crippen LogP) is 4.14. The van der Waals surface area contributed by atoms with Crippen LogP contribution in [0.25, 0.3) is 44.9 Å². The first kappa shape index (κ1) is 20.9. The Kier molecular flexibility index (Phi) is 5.89. The van der Waals surface area contributed by atoms with Crippen molar-refractivity contribution in [2.45, 2.75) is 13.5 Å². The van der Waals surface area contributed by atoms with Gasteiger partial charge in [-0.2, -0.15) is 0 Å². The minimum absolute atomic E-state index is 0.135. The second-order valence-electron chi connectivity index (χ2n) is 7.86. The Hall–Kier alpha value is -3.94. The fraction of sp³-hybridized carbons (Fsp3) is 0.154. The van der Waals surface area contributed by atoms with Gasteiger partial charge in [0.1, 0.15) is 11.3 Å². The first-order chi connectivity index (χ1) is 16.2. The summed E-state index contributed by atoms with van der Waals surface area (Å²) in [6.45, 7) is 3.40. The smallest absolute Gasteiger partial charge is 0.180 e. The molecule has 0 radical (unpaired) electrons. The van der Waals surface area contributed by atoms with E-state index in [1.807, 2.05) is 49.8 Å². The summed E-state index contributed by atoms with van der Waals surface area (Å²) < 4.78 is 0. The van der Waals surface area contributed by atoms with Crippen molar-refractivity contribution in [2.75, 3.05) is 13.2 Å². The van der Waals surface area contributed by atoms with E-state index in [9.17, 15) is 0 Å². The van der Waals surface area contributed by atoms with Crippen molar-refractivity contribution in [1.29, 1.82) is 0 Å². The van der Waals surface area contributed by atoms with Crippen LogP contribution >= 0.6 is 0 Å². The molecule has 3 N–H and O–H groups in total. The maximum Gasteiger partial charge on any atom is 0.180 e. The van der Waals surface area contributed by atoms with Crippen LogP contribution in [-0.2, 0) is 6.54 Å². The third-order valence-electron chi connectivity index (χ3n) is 5.45. The van der Waals surface area contributed by atoms with Crippen molar-refractivity contribution in [1.82, 2.24) is 30.2 Å². The molecule has 1 aromatic carbocycles. The second-order valence-corrected chi connectivity index (χ2v) is 7.86. The minimum atomic E-state index is 0.135. The van der Waals surface area contributed by atoms with Gasteiger partial charge in [0.25, 0.3) is 0 Å². The molecular formula is C26H24N6O. The number of aromatic nitrogens is 5. The first-order valence-electron chi connectivity index (χ1n) is 10.9. The van der Waals surface area contributed by atoms with Crippen LogP contribution in [0.2, 0.25) is 0 Å². The van der Waals surface area contributed by atoms with Crippen LogP contribution in [-0.4, -0.2) is 43.2 Å². The SMILES string of the molecule is Cc1cccc(-c2nc(-c3cncc(-c4ccc(CNCCO)cc4)c3)c3cc[nH]c3n2)n1. The van der Waals surface area contributed by atoms with Gasteiger partial charge in [-0.25, -0.2) is 15.0 Å². The number of aryl methyl sites for hydroxylation is 1. The zero-order chi connectivity index (χ0) is 22.6. The van der Waals surface area contributed by atoms with E-state index in [0.717, 1.165) is 56.9 Å². The number of hydrogen-bond acceptors (Lipinski definition) is 6. The van der Waals surface area contributed by atoms with E-state index in [-0.39, 0.29) is 6.61 Å². The van der Waals surface area contributed by atoms with E-state index in [2.05, 4.69) is 55.6 Å². The van der Waals surface area contributed by atoms with Gasteiger partial charge in [-0.05, 0) is 42.3 Å². The number of hydrogen-bond donors (Lipinski definition) is 3. The zero-order valence-electron chi connectivity index (χ0n) is 18.3. The number of rotatable bonds is 7. The normalized spacial score (nSPS) is 11.2. The fourth-order valence-electron chi connectivity index (χ4n) is 3.80. The fourth-order valence-corrected chi connectivity index (χ4v) is 3.80. The molecule has 0 bridgehead atoms. The average molecular weight is 437 g/mol. The Labute approximate surface area is 191 Å². The predicted molar refractivity (Wildman–Crippen MR) is 129 cm³/mol. The number of aliphatic hydroxyl groups is 1. The lowest BCUT2D eigenvalue weighted by molar-refractivity contribution is 0.292. The van der Waals surface area contributed by atoms with E-state index in [1.54, 1.807) is 0 Å². The summed E-state index contributed by atoms with van der Waals surface area (Å²) in [5.74, 6) is 0.578. The minimum Gasteiger partial charge on any atom is -0.395 e. The van der Waals surface area contributed by atoms with Gasteiger partial charge in [0.2, 0.25) is 0 Å². The van der Waals surface area contributed by atoms with Gasteiger partial charge in [0.15, 0.2) is 5.82 Å². The molecule has 0 fully saturated rings. The maximum absolute atomic E-state index is 8.92. The number of pyridine rings is 2. The lowest BCUT2D eigenvalue weighted by atomic mass is 10.0. The zero-order valence-corrected chi connectivity index (χ0v) is 18.3. The van der Waals surface area contributed by atoms with Crippen molar-refractivity contribution in [3.63, 3.8) is 0 Å². The molecule has 33 heavy (non-hydrogen) atoms. The summed E-state index contributed by atoms with van der Waals surface area (Å²) >= 11 is 0. The van der Waals surface area contributed by atoms with Crippen LogP contribution in [0.15, 0.2) is 73.2 Å². The van der Waals surface area contributed by atoms with Gasteiger partial charge in [0.05, 0.1) is 12.3 Å². The molecule has 0 aliphatic heterocycles. The highest BCUT2D eigenvalue weighted by Crippen LogP contribution is 2.30. The summed E-state index contributed by atoms with van der Waals surface area (Å²) in [6.07, 6.45) is 5.57. The molecule has 0 saturated carbocycles. The van der Waals surface area contributed by atoms with E-state index >= 15 is 0 Å². The Balaban J connectivity index is 1.52. The van der Waals surface area contributed by atoms with E-state index < -0.39 is 0 Å². The van der Waals surface area contributed by atoms with Gasteiger partial charge in [0, 0.05) is 53.9 Å². The van der Waals surface area contributed by atoms with Crippen LogP contribution in [0.5, 0.6) is 0 Å². The first-order valence-corrected chi connectivity index (χ1v) is 10.9. The summed E-state index contributed by atoms with van der Waals surface area (Å²) in [4.78, 5) is 21.9. The molecule has 5 aromatic rings. The van der Waals surface area contributed by atoms with Crippen molar-refractivity contribution < 1.29 is 5.11 Å². The van der Waals surface area contributed by atoms with Crippen molar-refractivity contribution in [2.24, 2.45) is 0 Å². The molecule has 4 aromatic heterocycles. The Morgan fingerprint density at radius 1 is 0.909 bits per heavy atom. The second kappa shape index (κ2) is 9.28. The molecule has 0 aliphatic rings. The molecule has 5 rings (SSSR count). The van der Waals surface area contributed by atoms with Gasteiger partial charge in [-0.3, -0.25) is 4.98 Å². The van der Waals surface area contributed by atoms with Crippen LogP contribution in [0.4, 0.5) is 0 Å². The van der Waals surface area contributed by atoms with Crippen LogP contribution in [0, 0.1) is 6.92 Å². The lowest BCUT2D eigenvalue weighted by Crippen LogP contribution is -2.17. The highest BCUT2D eigenvalue weighted by molar-refractivity contribution is 5.92. The Morgan fingerprint density at radius 3 is 2.58 bits per heavy atom. The molecule has 7 nitrogen and oxygen atoms in total. The summed E-state index contributed by atoms with van der Waals surface area (Å²) in [5.41, 5.74) is 7.42. The maximum atomic E-state index is 8.92. The summed E-state index contributed by atoms with van der Waals surface area (Å²) in [6, 6.07) is 18.3. The van der Waals surface area contributed by atoms with Crippen LogP contribution < -0.4 is 5.32 Å². The van der Waals surface area contributed by atoms with Crippen molar-refractivity contribution >= 4 is 11.0 Å². The van der Waals surface area contributed by atoms with E-state index in [4.69, 9.17) is 10.1 Å². The van der Waals surface area contributed by atoms with Crippen LogP contribution in [0.1, 0.15) is 11.3 Å². The van der Waals surface area contributed by atoms with Gasteiger partial charge in [-0.1, -0.05) is 30.3 Å². The molecule has 164 valence electrons. The molecule has 0 aliphatic carbocycles. The van der Waals surface area contributed by atoms with Crippen molar-refractivity contribution in [3.05, 3.63) is 84.4 Å². The van der Waals surface area contributed by atoms with Crippen molar-refractivity contribution in [3.8, 4) is 33.9 Å². The van der Waals surface area contributed by atoms with E-state index in [0.29, 0.717) is 12.4 Å². The van der Waals surface area contributed by atoms with Gasteiger partial charge in [-0.15, -0.1) is 0 Å². The third kappa shape index (κ3) is 4.50. The molecule has 0 atom stereocenters. The number of aromatic amines is 1. The number of nitrogens with zero attached hydrogens (tertiary/aromatic N) is 4. The molecular weight excluding hydrogens is 412 g/mol. The van der Waals surface area contributed by atoms with Crippen LogP contribution in [0.3, 0.4) is 0 Å². The average Bonchev–Trinajstić information content (AvgIpc) is 3.33. The Morgan fingerprint density at radius 2 is 1.76 bits per heavy atom. The number of fused-ring (bicyclic) bond motifs is 1. The largest absolute Gasteiger partial charge is 0.395 e. The monoisotopic (exact) mass is 436 g/mol. The third-order valence-corrected chi connectivity index (χ3v) is 5.45. The van der Waals surface area contributed by atoms with E-state index in [1.165, 1.54) is 0 Å². The standard InChI is InChI=1S/C26H24N6O/c1-17-3-2-4-23(30-17)26-31-24(22-9-10-29-25(22)32-26)21-13-20(15-28-16-21)19-7-5-18(6-8-19)14-27-11-12-33/h2-10,13,15-16,27,33H,11-12,14H2,1H3,(H,29,31,32). The number of aliphatic hydroxyl groups excluding tert-OH is 1. The number of H-pyrrole nitrogens is 1. The lowest BCUT2D eigenvalue weighted by Gasteiger charge is -2.09. The Bertz CT molecular complexity index is 1390. The molecule has 0 saturated heterocycles. The molecule has 0 spiro atoms. The molecule has 7 heteroatoms. The highest BCUT2D eigenvalue weighted by Gasteiger charge is 2.14.